The van der Waals surface area contributed by atoms with Gasteiger partial charge in [-0.05, 0) is 84.8 Å². The average molecular weight is 719 g/mol. The van der Waals surface area contributed by atoms with Gasteiger partial charge < -0.3 is 41.8 Å². The number of aliphatic hydroxyl groups is 1. The zero-order valence-corrected chi connectivity index (χ0v) is 26.8. The minimum atomic E-state index is -0.967. The van der Waals surface area contributed by atoms with E-state index in [1.807, 2.05) is 12.1 Å². The van der Waals surface area contributed by atoms with Crippen molar-refractivity contribution in [2.45, 2.75) is 39.9 Å². The maximum Gasteiger partial charge on any atom is 0.414 e. The molecule has 18 heteroatoms. The van der Waals surface area contributed by atoms with Gasteiger partial charge >= 0.3 is 18.3 Å². The highest BCUT2D eigenvalue weighted by atomic mass is 32.1. The van der Waals surface area contributed by atoms with Gasteiger partial charge in [-0.2, -0.15) is 0 Å². The van der Waals surface area contributed by atoms with Crippen molar-refractivity contribution in [3.8, 4) is 0 Å². The molecule has 16 nitrogen and oxygen atoms in total. The van der Waals surface area contributed by atoms with Crippen molar-refractivity contribution in [2.75, 3.05) is 65.5 Å². The Labute approximate surface area is 295 Å². The molecule has 0 aliphatic carbocycles. The van der Waals surface area contributed by atoms with E-state index in [-0.39, 0.29) is 44.2 Å². The highest BCUT2D eigenvalue weighted by Gasteiger charge is 2.35. The van der Waals surface area contributed by atoms with Crippen LogP contribution in [0.5, 0.6) is 0 Å². The van der Waals surface area contributed by atoms with Crippen LogP contribution in [0.15, 0.2) is 41.4 Å². The smallest absolute Gasteiger partial charge is 0.414 e. The van der Waals surface area contributed by atoms with Crippen molar-refractivity contribution >= 4 is 81.6 Å². The van der Waals surface area contributed by atoms with Crippen LogP contribution in [0.3, 0.4) is 0 Å². The predicted octanol–water partition coefficient (Wildman–Crippen LogP) is 3.32. The van der Waals surface area contributed by atoms with Gasteiger partial charge in [0, 0.05) is 30.2 Å². The average Bonchev–Trinajstić information content (AvgIpc) is 3.82. The second kappa shape index (κ2) is 17.5. The highest BCUT2D eigenvalue weighted by Crippen LogP contribution is 2.34. The normalized spacial score (nSPS) is 18.2. The van der Waals surface area contributed by atoms with Crippen LogP contribution in [-0.2, 0) is 27.1 Å². The van der Waals surface area contributed by atoms with Crippen LogP contribution in [0.25, 0.3) is 0 Å². The second-order valence-electron chi connectivity index (χ2n) is 10.7. The summed E-state index contributed by atoms with van der Waals surface area (Å²) in [5.41, 5.74) is 10.1. The Hall–Kier alpha value is -4.87. The maximum absolute atomic E-state index is 12.1. The molecule has 4 aliphatic heterocycles. The van der Waals surface area contributed by atoms with E-state index in [2.05, 4.69) is 27.7 Å². The number of carbonyl (C=O) groups excluding carboxylic acids is 3. The number of isothiocyanates is 1. The lowest BCUT2D eigenvalue weighted by Gasteiger charge is -2.18. The van der Waals surface area contributed by atoms with Crippen LogP contribution >= 0.6 is 24.4 Å². The molecule has 0 saturated carbocycles. The number of fused-ring (bicyclic) bond motifs is 2. The van der Waals surface area contributed by atoms with Crippen LogP contribution in [0.1, 0.15) is 26.0 Å². The number of thiocarbonyl (C=S) groups is 2. The summed E-state index contributed by atoms with van der Waals surface area (Å²) in [5, 5.41) is 23.3. The first-order valence-corrected chi connectivity index (χ1v) is 15.1. The van der Waals surface area contributed by atoms with Crippen molar-refractivity contribution in [2.24, 2.45) is 10.7 Å². The Balaban J connectivity index is 0.000000321. The van der Waals surface area contributed by atoms with Crippen molar-refractivity contribution < 1.29 is 38.9 Å². The van der Waals surface area contributed by atoms with E-state index in [4.69, 9.17) is 37.6 Å². The number of cyclic esters (lactones) is 2. The van der Waals surface area contributed by atoms with Gasteiger partial charge in [0.2, 0.25) is 0 Å². The number of nitrogens with one attached hydrogen (secondary N) is 1. The standard InChI is InChI=1S/C15H18N4O4S.C14H13N3O4S.2CH4.H3N/c16-14(24)17-6-11-7-19(15(22)23-11)10-1-2-12-9(5-10)3-4-18(12)13(21)8-20;18-13(19)16-4-3-9-5-10(1-2-12(9)16)17-7-11(6-15-8-22)21-14(17)20;;;/h1-2,5,11,20H,3-4,6-8H2,(H3,16,17,24);1-2,5,11H,3-4,6-7H2,(H,18,19);2*1H4;1H3/t2*11-;;;/m00.../s1. The number of carboxylic acid groups (broad SMARTS) is 1. The number of aliphatic hydroxyl groups excluding tert-OH is 1. The highest BCUT2D eigenvalue weighted by molar-refractivity contribution is 7.80. The number of rotatable bonds is 7. The van der Waals surface area contributed by atoms with E-state index >= 15 is 0 Å². The molecule has 0 spiro atoms. The number of nitrogens with two attached hydrogens (primary N) is 1. The minimum Gasteiger partial charge on any atom is -0.465 e. The second-order valence-corrected chi connectivity index (χ2v) is 11.3. The summed E-state index contributed by atoms with van der Waals surface area (Å²) in [6.07, 6.45) is -1.18. The fourth-order valence-corrected chi connectivity index (χ4v) is 5.83. The summed E-state index contributed by atoms with van der Waals surface area (Å²) in [4.78, 5) is 56.5. The monoisotopic (exact) mass is 718 g/mol. The molecule has 2 fully saturated rings. The largest absolute Gasteiger partial charge is 0.465 e. The number of ether oxygens (including phenoxy) is 2. The summed E-state index contributed by atoms with van der Waals surface area (Å²) in [6, 6.07) is 10.7. The van der Waals surface area contributed by atoms with Gasteiger partial charge in [-0.15, -0.1) is 0 Å². The first kappa shape index (κ1) is 40.3. The SMILES string of the molecule is C.C.N.NC(=S)NC[C@H]1CN(c2ccc3c(c2)CCN3C(=O)CO)C(=O)O1.O=C1O[C@@H](CN=C=S)CN1c1ccc2c(c1)CCN2C(=O)O. The van der Waals surface area contributed by atoms with Crippen LogP contribution in [0, 0.1) is 0 Å². The summed E-state index contributed by atoms with van der Waals surface area (Å²) in [5.74, 6) is -0.328. The zero-order valence-electron chi connectivity index (χ0n) is 25.2. The molecule has 2 aromatic carbocycles. The van der Waals surface area contributed by atoms with Gasteiger partial charge in [-0.25, -0.2) is 19.4 Å². The molecular weight excluding hydrogens is 677 g/mol. The quantitative estimate of drug-likeness (QED) is 0.205. The van der Waals surface area contributed by atoms with E-state index in [1.165, 1.54) is 9.80 Å². The molecule has 2 atom stereocenters. The molecule has 4 amide bonds. The topological polar surface area (TPSA) is 226 Å². The van der Waals surface area contributed by atoms with Crippen molar-refractivity contribution in [3.63, 3.8) is 0 Å². The third-order valence-corrected chi connectivity index (χ3v) is 8.09. The molecule has 4 heterocycles. The van der Waals surface area contributed by atoms with E-state index < -0.39 is 24.9 Å². The number of benzene rings is 2. The van der Waals surface area contributed by atoms with Crippen molar-refractivity contribution in [3.05, 3.63) is 47.5 Å². The number of amides is 4. The van der Waals surface area contributed by atoms with Crippen LogP contribution in [0.4, 0.5) is 37.1 Å². The maximum atomic E-state index is 12.1. The molecular formula is C31H42N8O8S2. The van der Waals surface area contributed by atoms with Crippen LogP contribution in [0.2, 0.25) is 0 Å². The van der Waals surface area contributed by atoms with E-state index in [9.17, 15) is 19.2 Å². The molecule has 2 saturated heterocycles. The van der Waals surface area contributed by atoms with Gasteiger partial charge in [0.25, 0.3) is 5.91 Å². The summed E-state index contributed by atoms with van der Waals surface area (Å²) in [6.45, 7) is 1.89. The molecule has 8 N–H and O–H groups in total. The molecule has 6 rings (SSSR count). The lowest BCUT2D eigenvalue weighted by Crippen LogP contribution is -2.37. The summed E-state index contributed by atoms with van der Waals surface area (Å²) >= 11 is 9.24. The minimum absolute atomic E-state index is 0. The Kier molecular flexibility index (Phi) is 14.4. The lowest BCUT2D eigenvalue weighted by molar-refractivity contribution is -0.121. The molecule has 49 heavy (non-hydrogen) atoms. The van der Waals surface area contributed by atoms with Crippen LogP contribution in [-0.4, -0.2) is 103 Å². The summed E-state index contributed by atoms with van der Waals surface area (Å²) in [7, 11) is 0. The fraction of sp³-hybridized carbons (Fsp3) is 0.419. The van der Waals surface area contributed by atoms with Crippen LogP contribution < -0.4 is 36.8 Å². The lowest BCUT2D eigenvalue weighted by atomic mass is 10.1. The third kappa shape index (κ3) is 8.98. The molecule has 0 bridgehead atoms. The molecule has 0 unspecified atom stereocenters. The van der Waals surface area contributed by atoms with Crippen molar-refractivity contribution in [1.29, 1.82) is 0 Å². The van der Waals surface area contributed by atoms with Gasteiger partial charge in [0.1, 0.15) is 18.8 Å². The number of hydrogen-bond donors (Lipinski definition) is 5. The zero-order chi connectivity index (χ0) is 33.0. The Bertz CT molecular complexity index is 1620. The van der Waals surface area contributed by atoms with E-state index in [0.29, 0.717) is 63.5 Å². The molecule has 0 radical (unpaired) electrons. The number of hydrogen-bond acceptors (Lipinski definition) is 11. The molecule has 4 aliphatic rings. The summed E-state index contributed by atoms with van der Waals surface area (Å²) < 4.78 is 10.5. The molecule has 0 aromatic heterocycles. The van der Waals surface area contributed by atoms with Gasteiger partial charge in [0.15, 0.2) is 5.11 Å². The third-order valence-electron chi connectivity index (χ3n) is 7.82. The predicted molar refractivity (Wildman–Crippen MR) is 193 cm³/mol. The fourth-order valence-electron chi connectivity index (χ4n) is 5.67. The first-order valence-electron chi connectivity index (χ1n) is 14.3. The first-order chi connectivity index (χ1) is 22.1. The number of aliphatic imine (C=N–C) groups is 1. The van der Waals surface area contributed by atoms with Gasteiger partial charge in [-0.3, -0.25) is 19.5 Å². The van der Waals surface area contributed by atoms with Gasteiger partial charge in [0.05, 0.1) is 37.0 Å². The van der Waals surface area contributed by atoms with E-state index in [1.54, 1.807) is 34.1 Å². The number of nitrogens with zero attached hydrogens (tertiary/aromatic N) is 5. The van der Waals surface area contributed by atoms with Crippen molar-refractivity contribution in [1.82, 2.24) is 11.5 Å². The van der Waals surface area contributed by atoms with Gasteiger partial charge in [-0.1, -0.05) is 14.9 Å². The van der Waals surface area contributed by atoms with E-state index in [0.717, 1.165) is 22.5 Å². The molecule has 2 aromatic rings. The Morgan fingerprint density at radius 2 is 1.45 bits per heavy atom. The Morgan fingerprint density at radius 1 is 0.939 bits per heavy atom. The molecule has 266 valence electrons. The number of carbonyl (C=O) groups is 4. The Morgan fingerprint density at radius 3 is 1.96 bits per heavy atom. The number of anilines is 4.